The molecule has 148 valence electrons. The van der Waals surface area contributed by atoms with Crippen molar-refractivity contribution in [2.75, 3.05) is 18.2 Å². The van der Waals surface area contributed by atoms with E-state index in [0.717, 1.165) is 22.2 Å². The van der Waals surface area contributed by atoms with Crippen molar-refractivity contribution in [3.8, 4) is 11.9 Å². The van der Waals surface area contributed by atoms with Gasteiger partial charge in [0.05, 0.1) is 12.8 Å². The van der Waals surface area contributed by atoms with Crippen LogP contribution in [0.5, 0.6) is 5.88 Å². The Kier molecular flexibility index (Phi) is 4.62. The fourth-order valence-corrected chi connectivity index (χ4v) is 4.74. The van der Waals surface area contributed by atoms with E-state index < -0.39 is 5.92 Å². The number of halogens is 1. The van der Waals surface area contributed by atoms with Gasteiger partial charge in [-0.2, -0.15) is 10.2 Å². The van der Waals surface area contributed by atoms with Crippen LogP contribution in [0.1, 0.15) is 49.3 Å². The van der Waals surface area contributed by atoms with Crippen LogP contribution in [0.2, 0.25) is 0 Å². The number of fused-ring (bicyclic) bond motifs is 1. The first-order chi connectivity index (χ1) is 13.8. The molecule has 2 heterocycles. The number of rotatable bonds is 2. The third-order valence-corrected chi connectivity index (χ3v) is 5.99. The van der Waals surface area contributed by atoms with Gasteiger partial charge in [-0.05, 0) is 29.5 Å². The van der Waals surface area contributed by atoms with Crippen molar-refractivity contribution in [2.45, 2.75) is 32.6 Å². The summed E-state index contributed by atoms with van der Waals surface area (Å²) in [7, 11) is 1.46. The molecule has 0 saturated carbocycles. The summed E-state index contributed by atoms with van der Waals surface area (Å²) in [6, 6.07) is 9.90. The largest absolute Gasteiger partial charge is 0.480 e. The number of hydrogen-bond acceptors (Lipinski definition) is 6. The van der Waals surface area contributed by atoms with E-state index >= 15 is 0 Å². The second-order valence-corrected chi connectivity index (χ2v) is 9.15. The Bertz CT molecular complexity index is 1110. The SMILES string of the molecule is COc1nc2c(c(N)c1C#N)C(c1cccc(Br)c1)C1=C(CC(C)(C)CC1=O)N2. The Morgan fingerprint density at radius 2 is 2.14 bits per heavy atom. The minimum atomic E-state index is -0.396. The van der Waals surface area contributed by atoms with E-state index in [2.05, 4.69) is 46.1 Å². The predicted molar refractivity (Wildman–Crippen MR) is 115 cm³/mol. The van der Waals surface area contributed by atoms with E-state index in [1.807, 2.05) is 24.3 Å². The van der Waals surface area contributed by atoms with Crippen LogP contribution in [0.4, 0.5) is 11.5 Å². The number of ether oxygens (including phenoxy) is 1. The summed E-state index contributed by atoms with van der Waals surface area (Å²) >= 11 is 3.52. The summed E-state index contributed by atoms with van der Waals surface area (Å²) in [5, 5.41) is 13.0. The summed E-state index contributed by atoms with van der Waals surface area (Å²) in [5.41, 5.74) is 9.91. The van der Waals surface area contributed by atoms with Gasteiger partial charge in [0, 0.05) is 33.6 Å². The number of Topliss-reactive ketones (excluding diaryl/α,β-unsaturated/α-hetero) is 1. The molecule has 1 aliphatic carbocycles. The van der Waals surface area contributed by atoms with E-state index in [1.54, 1.807) is 0 Å². The Morgan fingerprint density at radius 3 is 2.79 bits per heavy atom. The third kappa shape index (κ3) is 3.18. The average Bonchev–Trinajstić information content (AvgIpc) is 2.65. The number of nitrogen functional groups attached to an aromatic ring is 1. The highest BCUT2D eigenvalue weighted by Crippen LogP contribution is 2.51. The fraction of sp³-hybridized carbons (Fsp3) is 0.318. The summed E-state index contributed by atoms with van der Waals surface area (Å²) < 4.78 is 6.20. The third-order valence-electron chi connectivity index (χ3n) is 5.50. The number of anilines is 2. The molecule has 0 amide bonds. The van der Waals surface area contributed by atoms with Gasteiger partial charge in [-0.3, -0.25) is 4.79 Å². The molecule has 1 aromatic heterocycles. The normalized spacial score (nSPS) is 19.7. The van der Waals surface area contributed by atoms with Gasteiger partial charge >= 0.3 is 0 Å². The molecule has 3 N–H and O–H groups in total. The Labute approximate surface area is 177 Å². The molecule has 0 saturated heterocycles. The Morgan fingerprint density at radius 1 is 1.38 bits per heavy atom. The highest BCUT2D eigenvalue weighted by molar-refractivity contribution is 9.10. The number of allylic oxidation sites excluding steroid dienone is 2. The summed E-state index contributed by atoms with van der Waals surface area (Å²) in [4.78, 5) is 17.8. The van der Waals surface area contributed by atoms with Crippen molar-refractivity contribution >= 4 is 33.2 Å². The Balaban J connectivity index is 2.04. The van der Waals surface area contributed by atoms with Crippen LogP contribution in [-0.2, 0) is 4.79 Å². The molecule has 1 unspecified atom stereocenters. The molecule has 0 spiro atoms. The van der Waals surface area contributed by atoms with Gasteiger partial charge < -0.3 is 15.8 Å². The Hall–Kier alpha value is -2.85. The van der Waals surface area contributed by atoms with Crippen molar-refractivity contribution in [3.63, 3.8) is 0 Å². The molecule has 2 aliphatic rings. The van der Waals surface area contributed by atoms with E-state index in [9.17, 15) is 10.1 Å². The van der Waals surface area contributed by atoms with E-state index in [-0.39, 0.29) is 28.3 Å². The summed E-state index contributed by atoms with van der Waals surface area (Å²) in [6.45, 7) is 4.17. The van der Waals surface area contributed by atoms with Crippen molar-refractivity contribution in [2.24, 2.45) is 5.41 Å². The number of ketones is 1. The minimum Gasteiger partial charge on any atom is -0.480 e. The number of methoxy groups -OCH3 is 1. The fourth-order valence-electron chi connectivity index (χ4n) is 4.33. The second kappa shape index (κ2) is 6.89. The lowest BCUT2D eigenvalue weighted by Crippen LogP contribution is -2.34. The topological polar surface area (TPSA) is 101 Å². The van der Waals surface area contributed by atoms with Gasteiger partial charge in [-0.1, -0.05) is 41.9 Å². The van der Waals surface area contributed by atoms with Crippen LogP contribution in [0.15, 0.2) is 40.0 Å². The highest BCUT2D eigenvalue weighted by atomic mass is 79.9. The predicted octanol–water partition coefficient (Wildman–Crippen LogP) is 4.51. The number of carbonyl (C=O) groups is 1. The standard InChI is InChI=1S/C22H21BrN4O2/c1-22(2)8-14-17(15(28)9-22)16(11-5-4-6-12(23)7-11)18-19(25)13(10-24)21(29-3)27-20(18)26-14/h4-7,16H,8-9H2,1-3H3,(H3,25,26,27). The van der Waals surface area contributed by atoms with Crippen molar-refractivity contribution in [3.05, 3.63) is 56.7 Å². The number of nitrogens with two attached hydrogens (primary N) is 1. The zero-order valence-corrected chi connectivity index (χ0v) is 18.1. The number of nitrogens with zero attached hydrogens (tertiary/aromatic N) is 2. The van der Waals surface area contributed by atoms with Gasteiger partial charge in [0.15, 0.2) is 5.78 Å². The molecular formula is C22H21BrN4O2. The number of benzene rings is 1. The van der Waals surface area contributed by atoms with Crippen molar-refractivity contribution < 1.29 is 9.53 Å². The number of nitrogens with one attached hydrogen (secondary N) is 1. The molecule has 1 atom stereocenters. The van der Waals surface area contributed by atoms with Gasteiger partial charge in [0.2, 0.25) is 5.88 Å². The number of hydrogen-bond donors (Lipinski definition) is 2. The van der Waals surface area contributed by atoms with Crippen LogP contribution < -0.4 is 15.8 Å². The van der Waals surface area contributed by atoms with Crippen LogP contribution in [0.25, 0.3) is 0 Å². The van der Waals surface area contributed by atoms with Crippen molar-refractivity contribution in [1.82, 2.24) is 4.98 Å². The maximum Gasteiger partial charge on any atom is 0.235 e. The molecule has 0 fully saturated rings. The van der Waals surface area contributed by atoms with Gasteiger partial charge in [-0.25, -0.2) is 0 Å². The lowest BCUT2D eigenvalue weighted by Gasteiger charge is -2.39. The van der Waals surface area contributed by atoms with Crippen LogP contribution in [0.3, 0.4) is 0 Å². The molecule has 0 bridgehead atoms. The zero-order valence-electron chi connectivity index (χ0n) is 16.5. The molecule has 1 aliphatic heterocycles. The zero-order chi connectivity index (χ0) is 20.9. The monoisotopic (exact) mass is 452 g/mol. The molecule has 0 radical (unpaired) electrons. The molecule has 4 rings (SSSR count). The number of aromatic nitrogens is 1. The lowest BCUT2D eigenvalue weighted by atomic mass is 9.69. The molecule has 29 heavy (non-hydrogen) atoms. The van der Waals surface area contributed by atoms with Gasteiger partial charge in [0.1, 0.15) is 17.5 Å². The summed E-state index contributed by atoms with van der Waals surface area (Å²) in [5.74, 6) is 0.406. The van der Waals surface area contributed by atoms with E-state index in [4.69, 9.17) is 10.5 Å². The van der Waals surface area contributed by atoms with Crippen LogP contribution in [-0.4, -0.2) is 17.9 Å². The maximum absolute atomic E-state index is 13.3. The lowest BCUT2D eigenvalue weighted by molar-refractivity contribution is -0.118. The first-order valence-electron chi connectivity index (χ1n) is 9.32. The van der Waals surface area contributed by atoms with E-state index in [0.29, 0.717) is 23.4 Å². The number of pyridine rings is 1. The van der Waals surface area contributed by atoms with Crippen LogP contribution in [0, 0.1) is 16.7 Å². The highest BCUT2D eigenvalue weighted by Gasteiger charge is 2.42. The first-order valence-corrected chi connectivity index (χ1v) is 10.1. The minimum absolute atomic E-state index is 0.0908. The number of nitriles is 1. The average molecular weight is 453 g/mol. The smallest absolute Gasteiger partial charge is 0.235 e. The molecule has 6 nitrogen and oxygen atoms in total. The van der Waals surface area contributed by atoms with Crippen LogP contribution >= 0.6 is 15.9 Å². The number of carbonyl (C=O) groups excluding carboxylic acids is 1. The molecule has 2 aromatic rings. The molecular weight excluding hydrogens is 432 g/mol. The maximum atomic E-state index is 13.3. The van der Waals surface area contributed by atoms with E-state index in [1.165, 1.54) is 7.11 Å². The van der Waals surface area contributed by atoms with Gasteiger partial charge in [0.25, 0.3) is 0 Å². The quantitative estimate of drug-likeness (QED) is 0.694. The van der Waals surface area contributed by atoms with Gasteiger partial charge in [-0.15, -0.1) is 0 Å². The first kappa shape index (κ1) is 19.5. The van der Waals surface area contributed by atoms with Crippen molar-refractivity contribution in [1.29, 1.82) is 5.26 Å². The second-order valence-electron chi connectivity index (χ2n) is 8.23. The molecule has 7 heteroatoms. The molecule has 1 aromatic carbocycles. The summed E-state index contributed by atoms with van der Waals surface area (Å²) in [6.07, 6.45) is 1.18.